The van der Waals surface area contributed by atoms with Crippen LogP contribution in [0.15, 0.2) is 67.8 Å². The summed E-state index contributed by atoms with van der Waals surface area (Å²) in [4.78, 5) is 40.2. The SMILES string of the molecule is CSc1cccc(NC(=O)c2c[nH]c(=O)n(Cc3ccco3)c2=O)c1. The van der Waals surface area contributed by atoms with Crippen LogP contribution in [0.3, 0.4) is 0 Å². The molecule has 0 aliphatic carbocycles. The van der Waals surface area contributed by atoms with Crippen molar-refractivity contribution in [2.24, 2.45) is 0 Å². The summed E-state index contributed by atoms with van der Waals surface area (Å²) in [5.41, 5.74) is -0.873. The molecule has 0 radical (unpaired) electrons. The molecular weight excluding hydrogens is 342 g/mol. The van der Waals surface area contributed by atoms with E-state index in [0.29, 0.717) is 11.4 Å². The van der Waals surface area contributed by atoms with Crippen molar-refractivity contribution in [2.45, 2.75) is 11.4 Å². The van der Waals surface area contributed by atoms with Crippen LogP contribution in [0.1, 0.15) is 16.1 Å². The fraction of sp³-hybridized carbons (Fsp3) is 0.118. The highest BCUT2D eigenvalue weighted by atomic mass is 32.2. The number of nitrogens with one attached hydrogen (secondary N) is 2. The number of rotatable bonds is 5. The number of carbonyl (C=O) groups excluding carboxylic acids is 1. The molecular formula is C17H15N3O4S. The monoisotopic (exact) mass is 357 g/mol. The number of H-pyrrole nitrogens is 1. The Labute approximate surface area is 146 Å². The highest BCUT2D eigenvalue weighted by Crippen LogP contribution is 2.19. The molecule has 2 N–H and O–H groups in total. The van der Waals surface area contributed by atoms with Gasteiger partial charge in [-0.1, -0.05) is 6.07 Å². The highest BCUT2D eigenvalue weighted by Gasteiger charge is 2.16. The van der Waals surface area contributed by atoms with E-state index in [1.54, 1.807) is 36.0 Å². The Morgan fingerprint density at radius 2 is 2.12 bits per heavy atom. The Kier molecular flexibility index (Phi) is 4.90. The standard InChI is InChI=1S/C17H15N3O4S/c1-25-13-6-2-4-11(8-13)19-15(21)14-9-18-17(23)20(16(14)22)10-12-5-3-7-24-12/h2-9H,10H2,1H3,(H,18,23)(H,19,21). The summed E-state index contributed by atoms with van der Waals surface area (Å²) in [7, 11) is 0. The van der Waals surface area contributed by atoms with Crippen LogP contribution in [-0.4, -0.2) is 21.7 Å². The number of hydrogen-bond donors (Lipinski definition) is 2. The van der Waals surface area contributed by atoms with Crippen LogP contribution in [0, 0.1) is 0 Å². The molecule has 1 aromatic carbocycles. The lowest BCUT2D eigenvalue weighted by molar-refractivity contribution is 0.102. The summed E-state index contributed by atoms with van der Waals surface area (Å²) in [6.07, 6.45) is 4.50. The summed E-state index contributed by atoms with van der Waals surface area (Å²) in [6, 6.07) is 10.6. The summed E-state index contributed by atoms with van der Waals surface area (Å²) < 4.78 is 6.08. The maximum atomic E-state index is 12.5. The quantitative estimate of drug-likeness (QED) is 0.682. The van der Waals surface area contributed by atoms with Crippen LogP contribution >= 0.6 is 11.8 Å². The predicted octanol–water partition coefficient (Wildman–Crippen LogP) is 2.15. The molecule has 3 aromatic rings. The van der Waals surface area contributed by atoms with Crippen molar-refractivity contribution in [1.82, 2.24) is 9.55 Å². The molecule has 0 fully saturated rings. The van der Waals surface area contributed by atoms with E-state index in [1.807, 2.05) is 18.4 Å². The third-order valence-corrected chi connectivity index (χ3v) is 4.25. The zero-order valence-electron chi connectivity index (χ0n) is 13.3. The van der Waals surface area contributed by atoms with Gasteiger partial charge in [-0.3, -0.25) is 14.2 Å². The number of hydrogen-bond acceptors (Lipinski definition) is 5. The van der Waals surface area contributed by atoms with E-state index >= 15 is 0 Å². The molecule has 25 heavy (non-hydrogen) atoms. The van der Waals surface area contributed by atoms with E-state index in [1.165, 1.54) is 6.26 Å². The predicted molar refractivity (Wildman–Crippen MR) is 95.3 cm³/mol. The second-order valence-electron chi connectivity index (χ2n) is 5.16. The van der Waals surface area contributed by atoms with Gasteiger partial charge in [0.1, 0.15) is 11.3 Å². The van der Waals surface area contributed by atoms with Crippen LogP contribution in [0.4, 0.5) is 5.69 Å². The lowest BCUT2D eigenvalue weighted by Crippen LogP contribution is -2.39. The molecule has 0 aliphatic heterocycles. The first-order chi connectivity index (χ1) is 12.1. The van der Waals surface area contributed by atoms with E-state index in [4.69, 9.17) is 4.42 Å². The summed E-state index contributed by atoms with van der Waals surface area (Å²) in [5, 5.41) is 2.67. The topological polar surface area (TPSA) is 97.1 Å². The first-order valence-electron chi connectivity index (χ1n) is 7.39. The molecule has 7 nitrogen and oxygen atoms in total. The Morgan fingerprint density at radius 3 is 2.84 bits per heavy atom. The molecule has 0 spiro atoms. The van der Waals surface area contributed by atoms with Crippen molar-refractivity contribution in [1.29, 1.82) is 0 Å². The smallest absolute Gasteiger partial charge is 0.328 e. The first kappa shape index (κ1) is 16.8. The van der Waals surface area contributed by atoms with Crippen molar-refractivity contribution < 1.29 is 9.21 Å². The van der Waals surface area contributed by atoms with Crippen LogP contribution < -0.4 is 16.6 Å². The van der Waals surface area contributed by atoms with Gasteiger partial charge in [-0.15, -0.1) is 11.8 Å². The fourth-order valence-corrected chi connectivity index (χ4v) is 2.73. The van der Waals surface area contributed by atoms with E-state index in [2.05, 4.69) is 10.3 Å². The fourth-order valence-electron chi connectivity index (χ4n) is 2.28. The van der Waals surface area contributed by atoms with Crippen molar-refractivity contribution in [2.75, 3.05) is 11.6 Å². The van der Waals surface area contributed by atoms with Crippen LogP contribution in [0.25, 0.3) is 0 Å². The molecule has 0 unspecified atom stereocenters. The maximum Gasteiger partial charge on any atom is 0.328 e. The molecule has 0 saturated heterocycles. The largest absolute Gasteiger partial charge is 0.467 e. The normalized spacial score (nSPS) is 10.6. The Morgan fingerprint density at radius 1 is 1.28 bits per heavy atom. The molecule has 1 amide bonds. The van der Waals surface area contributed by atoms with Gasteiger partial charge in [-0.05, 0) is 36.6 Å². The van der Waals surface area contributed by atoms with Crippen LogP contribution in [0.5, 0.6) is 0 Å². The molecule has 0 bridgehead atoms. The van der Waals surface area contributed by atoms with Gasteiger partial charge < -0.3 is 14.7 Å². The van der Waals surface area contributed by atoms with Gasteiger partial charge in [-0.2, -0.15) is 0 Å². The Balaban J connectivity index is 1.90. The van der Waals surface area contributed by atoms with Gasteiger partial charge in [0.05, 0.1) is 12.8 Å². The lowest BCUT2D eigenvalue weighted by atomic mass is 10.2. The van der Waals surface area contributed by atoms with Crippen LogP contribution in [-0.2, 0) is 6.54 Å². The number of furan rings is 1. The second kappa shape index (κ2) is 7.27. The summed E-state index contributed by atoms with van der Waals surface area (Å²) in [6.45, 7) is -0.0513. The molecule has 0 saturated carbocycles. The van der Waals surface area contributed by atoms with Crippen molar-refractivity contribution >= 4 is 23.4 Å². The second-order valence-corrected chi connectivity index (χ2v) is 6.04. The minimum absolute atomic E-state index is 0.0513. The number of amides is 1. The third-order valence-electron chi connectivity index (χ3n) is 3.53. The highest BCUT2D eigenvalue weighted by molar-refractivity contribution is 7.98. The number of benzene rings is 1. The number of carbonyl (C=O) groups is 1. The first-order valence-corrected chi connectivity index (χ1v) is 8.61. The minimum atomic E-state index is -0.682. The van der Waals surface area contributed by atoms with E-state index in [-0.39, 0.29) is 12.1 Å². The van der Waals surface area contributed by atoms with Gasteiger partial charge >= 0.3 is 5.69 Å². The van der Waals surface area contributed by atoms with E-state index in [9.17, 15) is 14.4 Å². The molecule has 2 heterocycles. The van der Waals surface area contributed by atoms with Gasteiger partial charge in [0.15, 0.2) is 0 Å². The van der Waals surface area contributed by atoms with Gasteiger partial charge in [0.25, 0.3) is 11.5 Å². The number of anilines is 1. The van der Waals surface area contributed by atoms with E-state index < -0.39 is 17.2 Å². The number of nitrogens with zero attached hydrogens (tertiary/aromatic N) is 1. The Bertz CT molecular complexity index is 1010. The average molecular weight is 357 g/mol. The molecule has 128 valence electrons. The van der Waals surface area contributed by atoms with Gasteiger partial charge in [0, 0.05) is 16.8 Å². The molecule has 0 atom stereocenters. The summed E-state index contributed by atoms with van der Waals surface area (Å²) >= 11 is 1.54. The Hall–Kier alpha value is -3.00. The minimum Gasteiger partial charge on any atom is -0.467 e. The zero-order chi connectivity index (χ0) is 17.8. The summed E-state index contributed by atoms with van der Waals surface area (Å²) in [5.74, 6) is -0.148. The van der Waals surface area contributed by atoms with Crippen molar-refractivity contribution in [3.63, 3.8) is 0 Å². The van der Waals surface area contributed by atoms with Gasteiger partial charge in [-0.25, -0.2) is 4.79 Å². The molecule has 3 rings (SSSR count). The van der Waals surface area contributed by atoms with E-state index in [0.717, 1.165) is 15.7 Å². The van der Waals surface area contributed by atoms with Crippen LogP contribution in [0.2, 0.25) is 0 Å². The lowest BCUT2D eigenvalue weighted by Gasteiger charge is -2.08. The zero-order valence-corrected chi connectivity index (χ0v) is 14.1. The molecule has 2 aromatic heterocycles. The molecule has 0 aliphatic rings. The number of aromatic nitrogens is 2. The average Bonchev–Trinajstić information content (AvgIpc) is 3.12. The molecule has 8 heteroatoms. The van der Waals surface area contributed by atoms with Crippen molar-refractivity contribution in [3.8, 4) is 0 Å². The third kappa shape index (κ3) is 3.74. The number of thioether (sulfide) groups is 1. The van der Waals surface area contributed by atoms with Crippen molar-refractivity contribution in [3.05, 3.63) is 81.0 Å². The maximum absolute atomic E-state index is 12.5. The van der Waals surface area contributed by atoms with Gasteiger partial charge in [0.2, 0.25) is 0 Å². The number of aromatic amines is 1.